The van der Waals surface area contributed by atoms with Crippen LogP contribution in [0.5, 0.6) is 5.75 Å². The molecule has 0 saturated carbocycles. The molecule has 12 heteroatoms. The third kappa shape index (κ3) is 5.80. The summed E-state index contributed by atoms with van der Waals surface area (Å²) in [5.41, 5.74) is -1.80. The molecule has 0 aliphatic rings. The zero-order chi connectivity index (χ0) is 30.8. The number of aromatic nitrogens is 4. The molecule has 0 N–H and O–H groups in total. The van der Waals surface area contributed by atoms with E-state index >= 15 is 0 Å². The highest BCUT2D eigenvalue weighted by Gasteiger charge is 2.36. The number of hydrogen-bond acceptors (Lipinski definition) is 8. The van der Waals surface area contributed by atoms with Gasteiger partial charge >= 0.3 is 5.69 Å². The van der Waals surface area contributed by atoms with Gasteiger partial charge in [-0.1, -0.05) is 25.2 Å². The second-order valence-corrected chi connectivity index (χ2v) is 11.9. The fourth-order valence-electron chi connectivity index (χ4n) is 4.95. The number of halogens is 1. The minimum Gasteiger partial charge on any atom is -0.496 e. The van der Waals surface area contributed by atoms with Crippen LogP contribution >= 0.6 is 11.3 Å². The lowest BCUT2D eigenvalue weighted by Gasteiger charge is -2.28. The van der Waals surface area contributed by atoms with Gasteiger partial charge in [0.1, 0.15) is 33.0 Å². The van der Waals surface area contributed by atoms with E-state index in [0.29, 0.717) is 26.7 Å². The summed E-state index contributed by atoms with van der Waals surface area (Å²) in [7, 11) is 1.44. The number of carbonyl (C=O) groups is 1. The molecule has 0 fully saturated rings. The van der Waals surface area contributed by atoms with Crippen molar-refractivity contribution >= 4 is 27.3 Å². The number of fused-ring (bicyclic) bond motifs is 1. The van der Waals surface area contributed by atoms with Crippen LogP contribution in [0.1, 0.15) is 57.8 Å². The molecule has 222 valence electrons. The minimum atomic E-state index is -1.46. The molecule has 0 bridgehead atoms. The Bertz CT molecular complexity index is 1760. The third-order valence-corrected chi connectivity index (χ3v) is 8.46. The monoisotopic (exact) mass is 595 g/mol. The van der Waals surface area contributed by atoms with Crippen molar-refractivity contribution in [1.29, 1.82) is 5.26 Å². The topological polar surface area (TPSA) is 121 Å². The minimum absolute atomic E-state index is 0.0126. The molecule has 4 rings (SSSR count). The fourth-order valence-corrected chi connectivity index (χ4v) is 6.20. The van der Waals surface area contributed by atoms with Crippen molar-refractivity contribution in [2.45, 2.75) is 65.6 Å². The lowest BCUT2D eigenvalue weighted by molar-refractivity contribution is -0.127. The second-order valence-electron chi connectivity index (χ2n) is 10.9. The lowest BCUT2D eigenvalue weighted by atomic mass is 9.91. The lowest BCUT2D eigenvalue weighted by Crippen LogP contribution is -2.53. The summed E-state index contributed by atoms with van der Waals surface area (Å²) in [5, 5.41) is 14.3. The van der Waals surface area contributed by atoms with Crippen LogP contribution in [-0.4, -0.2) is 38.4 Å². The SMILES string of the molecule is COc1ccc(F)cc1[C@H](Cn1c(=O)n(C(C)(C)C(=O)CC(C)C)c(=O)c2c(C)c(-n3cccn3)sc21)OCCC#N. The van der Waals surface area contributed by atoms with Crippen molar-refractivity contribution in [3.63, 3.8) is 0 Å². The Morgan fingerprint density at radius 2 is 2.00 bits per heavy atom. The Hall–Kier alpha value is -4.08. The van der Waals surface area contributed by atoms with Gasteiger partial charge in [0.2, 0.25) is 0 Å². The van der Waals surface area contributed by atoms with Crippen molar-refractivity contribution in [3.05, 3.63) is 74.4 Å². The summed E-state index contributed by atoms with van der Waals surface area (Å²) in [6, 6.07) is 7.74. The van der Waals surface area contributed by atoms with Crippen LogP contribution in [0.2, 0.25) is 0 Å². The molecule has 0 amide bonds. The summed E-state index contributed by atoms with van der Waals surface area (Å²) in [4.78, 5) is 42.2. The molecule has 10 nitrogen and oxygen atoms in total. The highest BCUT2D eigenvalue weighted by Crippen LogP contribution is 2.34. The van der Waals surface area contributed by atoms with Gasteiger partial charge in [-0.25, -0.2) is 18.4 Å². The van der Waals surface area contributed by atoms with Gasteiger partial charge in [-0.15, -0.1) is 0 Å². The third-order valence-electron chi connectivity index (χ3n) is 7.15. The number of benzene rings is 1. The van der Waals surface area contributed by atoms with Gasteiger partial charge in [-0.3, -0.25) is 14.2 Å². The number of thiophene rings is 1. The van der Waals surface area contributed by atoms with Crippen molar-refractivity contribution in [3.8, 4) is 16.8 Å². The molecule has 1 aromatic carbocycles. The van der Waals surface area contributed by atoms with Crippen molar-refractivity contribution in [2.24, 2.45) is 5.92 Å². The number of ether oxygens (including phenoxy) is 2. The highest BCUT2D eigenvalue weighted by atomic mass is 32.1. The zero-order valence-corrected chi connectivity index (χ0v) is 25.3. The van der Waals surface area contributed by atoms with Crippen LogP contribution in [0.25, 0.3) is 15.2 Å². The molecular formula is C30H34FN5O5S. The van der Waals surface area contributed by atoms with E-state index in [1.807, 2.05) is 19.9 Å². The maximum absolute atomic E-state index is 14.5. The van der Waals surface area contributed by atoms with Crippen molar-refractivity contribution in [1.82, 2.24) is 18.9 Å². The van der Waals surface area contributed by atoms with E-state index in [0.717, 1.165) is 4.57 Å². The molecular weight excluding hydrogens is 561 g/mol. The molecule has 4 aromatic rings. The van der Waals surface area contributed by atoms with Crippen molar-refractivity contribution < 1.29 is 18.7 Å². The molecule has 3 aromatic heterocycles. The van der Waals surface area contributed by atoms with Gasteiger partial charge in [-0.2, -0.15) is 10.4 Å². The zero-order valence-electron chi connectivity index (χ0n) is 24.5. The van der Waals surface area contributed by atoms with Crippen LogP contribution in [0, 0.1) is 30.0 Å². The molecule has 0 aliphatic heterocycles. The quantitative estimate of drug-likeness (QED) is 0.214. The second kappa shape index (κ2) is 12.4. The van der Waals surface area contributed by atoms with E-state index in [9.17, 15) is 18.8 Å². The van der Waals surface area contributed by atoms with Gasteiger partial charge in [0.15, 0.2) is 5.78 Å². The Morgan fingerprint density at radius 1 is 1.26 bits per heavy atom. The predicted octanol–water partition coefficient (Wildman–Crippen LogP) is 4.89. The molecule has 3 heterocycles. The number of methoxy groups -OCH3 is 1. The van der Waals surface area contributed by atoms with Crippen LogP contribution in [-0.2, 0) is 21.6 Å². The Balaban J connectivity index is 2.03. The largest absolute Gasteiger partial charge is 0.496 e. The number of hydrogen-bond donors (Lipinski definition) is 0. The normalized spacial score (nSPS) is 12.5. The molecule has 0 radical (unpaired) electrons. The summed E-state index contributed by atoms with van der Waals surface area (Å²) in [6.07, 6.45) is 2.66. The highest BCUT2D eigenvalue weighted by molar-refractivity contribution is 7.21. The Morgan fingerprint density at radius 3 is 2.62 bits per heavy atom. The molecule has 0 spiro atoms. The average molecular weight is 596 g/mol. The number of nitrogens with zero attached hydrogens (tertiary/aromatic N) is 5. The first-order valence-electron chi connectivity index (χ1n) is 13.6. The average Bonchev–Trinajstić information content (AvgIpc) is 3.58. The van der Waals surface area contributed by atoms with E-state index in [1.165, 1.54) is 41.2 Å². The van der Waals surface area contributed by atoms with Gasteiger partial charge in [0, 0.05) is 29.9 Å². The molecule has 0 saturated heterocycles. The van der Waals surface area contributed by atoms with Gasteiger partial charge in [-0.05, 0) is 51.0 Å². The Kier molecular flexibility index (Phi) is 9.13. The van der Waals surface area contributed by atoms with E-state index < -0.39 is 28.7 Å². The first-order valence-corrected chi connectivity index (χ1v) is 14.4. The van der Waals surface area contributed by atoms with Gasteiger partial charge < -0.3 is 9.47 Å². The number of rotatable bonds is 12. The standard InChI is InChI=1S/C30H34FN5O5S/c1-18(2)15-24(37)30(4,5)36-26(38)25-19(3)27(35-13-8-12-33-35)42-28(25)34(29(36)39)17-23(41-14-7-11-32)21-16-20(31)9-10-22(21)40-6/h8-10,12-13,16,18,23H,7,14-15,17H2,1-6H3/t23-/m0/s1. The number of nitriles is 1. The van der Waals surface area contributed by atoms with E-state index in [1.54, 1.807) is 43.9 Å². The number of aryl methyl sites for hydroxylation is 1. The van der Waals surface area contributed by atoms with E-state index in [4.69, 9.17) is 14.7 Å². The fraction of sp³-hybridized carbons (Fsp3) is 0.433. The summed E-state index contributed by atoms with van der Waals surface area (Å²) in [5.74, 6) is -0.430. The first-order chi connectivity index (χ1) is 19.9. The van der Waals surface area contributed by atoms with Crippen LogP contribution in [0.4, 0.5) is 4.39 Å². The summed E-state index contributed by atoms with van der Waals surface area (Å²) in [6.45, 7) is 8.58. The maximum Gasteiger partial charge on any atom is 0.333 e. The van der Waals surface area contributed by atoms with E-state index in [-0.39, 0.29) is 43.1 Å². The van der Waals surface area contributed by atoms with Crippen LogP contribution in [0.3, 0.4) is 0 Å². The summed E-state index contributed by atoms with van der Waals surface area (Å²) >= 11 is 1.21. The van der Waals surface area contributed by atoms with Gasteiger partial charge in [0.05, 0.1) is 38.1 Å². The number of carbonyl (C=O) groups excluding carboxylic acids is 1. The van der Waals surface area contributed by atoms with Crippen LogP contribution < -0.4 is 16.0 Å². The smallest absolute Gasteiger partial charge is 0.333 e. The number of ketones is 1. The van der Waals surface area contributed by atoms with Crippen molar-refractivity contribution in [2.75, 3.05) is 13.7 Å². The Labute approximate surface area is 246 Å². The molecule has 42 heavy (non-hydrogen) atoms. The molecule has 0 aliphatic carbocycles. The molecule has 1 atom stereocenters. The predicted molar refractivity (Wildman–Crippen MR) is 158 cm³/mol. The van der Waals surface area contributed by atoms with Crippen LogP contribution in [0.15, 0.2) is 46.2 Å². The first kappa shape index (κ1) is 30.9. The number of Topliss-reactive ketones (excluding diaryl/α,β-unsaturated/α-hetero) is 1. The molecule has 0 unspecified atom stereocenters. The summed E-state index contributed by atoms with van der Waals surface area (Å²) < 4.78 is 30.0. The van der Waals surface area contributed by atoms with Gasteiger partial charge in [0.25, 0.3) is 5.56 Å². The van der Waals surface area contributed by atoms with E-state index in [2.05, 4.69) is 5.10 Å². The maximum atomic E-state index is 14.5.